The molecular formula is C23H23N5O3. The van der Waals surface area contributed by atoms with Crippen LogP contribution in [0.1, 0.15) is 10.4 Å². The van der Waals surface area contributed by atoms with Crippen molar-refractivity contribution in [2.75, 3.05) is 37.7 Å². The van der Waals surface area contributed by atoms with Crippen molar-refractivity contribution in [3.8, 4) is 11.3 Å². The molecule has 2 aliphatic rings. The molecule has 0 spiro atoms. The van der Waals surface area contributed by atoms with Crippen LogP contribution in [0.15, 0.2) is 65.7 Å². The minimum absolute atomic E-state index is 0.0598. The third-order valence-electron chi connectivity index (χ3n) is 5.55. The smallest absolute Gasteiger partial charge is 0.256 e. The van der Waals surface area contributed by atoms with Gasteiger partial charge in [-0.25, -0.2) is 4.98 Å². The molecule has 0 bridgehead atoms. The molecule has 1 unspecified atom stereocenters. The Bertz CT molecular complexity index is 1130. The Hall–Kier alpha value is -3.36. The van der Waals surface area contributed by atoms with E-state index >= 15 is 0 Å². The summed E-state index contributed by atoms with van der Waals surface area (Å²) in [6.07, 6.45) is 2.76. The Labute approximate surface area is 179 Å². The molecule has 2 aromatic heterocycles. The summed E-state index contributed by atoms with van der Waals surface area (Å²) in [5, 5.41) is 0. The van der Waals surface area contributed by atoms with Crippen LogP contribution in [0.4, 0.5) is 5.95 Å². The van der Waals surface area contributed by atoms with Crippen molar-refractivity contribution in [3.63, 3.8) is 0 Å². The van der Waals surface area contributed by atoms with Crippen LogP contribution < -0.4 is 10.5 Å². The first-order chi connectivity index (χ1) is 15.2. The first-order valence-corrected chi connectivity index (χ1v) is 10.4. The number of rotatable bonds is 6. The molecule has 3 aromatic rings. The highest BCUT2D eigenvalue weighted by Gasteiger charge is 2.31. The van der Waals surface area contributed by atoms with Crippen LogP contribution in [0.25, 0.3) is 11.3 Å². The van der Waals surface area contributed by atoms with Crippen LogP contribution in [-0.2, 0) is 11.4 Å². The molecule has 0 radical (unpaired) electrons. The van der Waals surface area contributed by atoms with Crippen molar-refractivity contribution in [3.05, 3.63) is 76.8 Å². The van der Waals surface area contributed by atoms with E-state index in [4.69, 9.17) is 9.72 Å². The summed E-state index contributed by atoms with van der Waals surface area (Å²) in [4.78, 5) is 39.0. The van der Waals surface area contributed by atoms with Crippen LogP contribution in [0.5, 0.6) is 0 Å². The first-order valence-electron chi connectivity index (χ1n) is 10.4. The number of ketones is 1. The summed E-state index contributed by atoms with van der Waals surface area (Å²) in [5.74, 6) is 0.510. The molecule has 4 heterocycles. The maximum Gasteiger partial charge on any atom is 0.256 e. The SMILES string of the molecule is O=C(c1ccccc1)C1CN(c2nc(-c3ccncc3)cc(=O)n2CN2CC2)CCO1. The van der Waals surface area contributed by atoms with Gasteiger partial charge in [-0.3, -0.25) is 24.0 Å². The van der Waals surface area contributed by atoms with Crippen LogP contribution in [0.3, 0.4) is 0 Å². The summed E-state index contributed by atoms with van der Waals surface area (Å²) >= 11 is 0. The number of hydrogen-bond acceptors (Lipinski definition) is 7. The van der Waals surface area contributed by atoms with Crippen molar-refractivity contribution in [1.29, 1.82) is 0 Å². The number of carbonyl (C=O) groups is 1. The summed E-state index contributed by atoms with van der Waals surface area (Å²) in [6.45, 7) is 3.73. The Balaban J connectivity index is 1.49. The minimum atomic E-state index is -0.604. The minimum Gasteiger partial charge on any atom is -0.366 e. The molecule has 1 aromatic carbocycles. The second-order valence-corrected chi connectivity index (χ2v) is 7.74. The maximum absolute atomic E-state index is 13.0. The normalized spacial score (nSPS) is 18.7. The molecular weight excluding hydrogens is 394 g/mol. The summed E-state index contributed by atoms with van der Waals surface area (Å²) in [6, 6.07) is 14.4. The summed E-state index contributed by atoms with van der Waals surface area (Å²) in [5.41, 5.74) is 1.94. The van der Waals surface area contributed by atoms with Gasteiger partial charge in [-0.15, -0.1) is 0 Å². The molecule has 0 saturated carbocycles. The van der Waals surface area contributed by atoms with E-state index in [1.807, 2.05) is 35.2 Å². The van der Waals surface area contributed by atoms with Crippen molar-refractivity contribution in [2.45, 2.75) is 12.8 Å². The van der Waals surface area contributed by atoms with Crippen LogP contribution >= 0.6 is 0 Å². The molecule has 8 nitrogen and oxygen atoms in total. The fourth-order valence-corrected chi connectivity index (χ4v) is 3.73. The van der Waals surface area contributed by atoms with Gasteiger partial charge in [0.2, 0.25) is 5.95 Å². The molecule has 0 N–H and O–H groups in total. The Morgan fingerprint density at radius 2 is 1.84 bits per heavy atom. The van der Waals surface area contributed by atoms with Gasteiger partial charge in [0.25, 0.3) is 5.56 Å². The van der Waals surface area contributed by atoms with Crippen molar-refractivity contribution >= 4 is 11.7 Å². The third-order valence-corrected chi connectivity index (χ3v) is 5.55. The van der Waals surface area contributed by atoms with E-state index in [0.717, 1.165) is 18.7 Å². The maximum atomic E-state index is 13.0. The standard InChI is InChI=1S/C23H23N5O3/c29-21-14-19(17-6-8-24-9-7-17)25-23(28(21)16-26-10-11-26)27-12-13-31-20(15-27)22(30)18-4-2-1-3-5-18/h1-9,14,20H,10-13,15-16H2. The predicted octanol–water partition coefficient (Wildman–Crippen LogP) is 1.67. The number of benzene rings is 1. The van der Waals surface area contributed by atoms with Gasteiger partial charge in [-0.2, -0.15) is 0 Å². The van der Waals surface area contributed by atoms with Gasteiger partial charge in [-0.05, 0) is 12.1 Å². The third kappa shape index (κ3) is 4.26. The predicted molar refractivity (Wildman–Crippen MR) is 116 cm³/mol. The molecule has 5 rings (SSSR count). The van der Waals surface area contributed by atoms with Gasteiger partial charge in [0.15, 0.2) is 5.78 Å². The zero-order valence-corrected chi connectivity index (χ0v) is 17.1. The van der Waals surface area contributed by atoms with Gasteiger partial charge < -0.3 is 9.64 Å². The van der Waals surface area contributed by atoms with E-state index in [-0.39, 0.29) is 11.3 Å². The number of carbonyl (C=O) groups excluding carboxylic acids is 1. The van der Waals surface area contributed by atoms with Gasteiger partial charge in [0.1, 0.15) is 6.10 Å². The second kappa shape index (κ2) is 8.41. The average molecular weight is 417 g/mol. The fourth-order valence-electron chi connectivity index (χ4n) is 3.73. The summed E-state index contributed by atoms with van der Waals surface area (Å²) in [7, 11) is 0. The molecule has 2 saturated heterocycles. The highest BCUT2D eigenvalue weighted by atomic mass is 16.5. The van der Waals surface area contributed by atoms with E-state index < -0.39 is 6.10 Å². The van der Waals surface area contributed by atoms with E-state index in [1.165, 1.54) is 0 Å². The number of pyridine rings is 1. The molecule has 1 atom stereocenters. The molecule has 158 valence electrons. The van der Waals surface area contributed by atoms with Gasteiger partial charge >= 0.3 is 0 Å². The second-order valence-electron chi connectivity index (χ2n) is 7.74. The van der Waals surface area contributed by atoms with Gasteiger partial charge in [0.05, 0.1) is 25.5 Å². The number of ether oxygens (including phenoxy) is 1. The highest BCUT2D eigenvalue weighted by Crippen LogP contribution is 2.22. The summed E-state index contributed by atoms with van der Waals surface area (Å²) < 4.78 is 7.49. The van der Waals surface area contributed by atoms with E-state index in [9.17, 15) is 9.59 Å². The van der Waals surface area contributed by atoms with Crippen LogP contribution in [0, 0.1) is 0 Å². The number of Topliss-reactive ketones (excluding diaryl/α,β-unsaturated/α-hetero) is 1. The zero-order chi connectivity index (χ0) is 21.2. The first kappa shape index (κ1) is 19.6. The van der Waals surface area contributed by atoms with Gasteiger partial charge in [0, 0.05) is 49.2 Å². The van der Waals surface area contributed by atoms with E-state index in [0.29, 0.717) is 43.6 Å². The lowest BCUT2D eigenvalue weighted by Crippen LogP contribution is -2.48. The number of aromatic nitrogens is 3. The number of anilines is 1. The fraction of sp³-hybridized carbons (Fsp3) is 0.304. The topological polar surface area (TPSA) is 80.3 Å². The lowest BCUT2D eigenvalue weighted by Gasteiger charge is -2.34. The zero-order valence-electron chi connectivity index (χ0n) is 17.1. The molecule has 0 aliphatic carbocycles. The van der Waals surface area contributed by atoms with Crippen molar-refractivity contribution in [2.24, 2.45) is 0 Å². The van der Waals surface area contributed by atoms with Gasteiger partial charge in [-0.1, -0.05) is 30.3 Å². The molecule has 0 amide bonds. The number of hydrogen-bond donors (Lipinski definition) is 0. The molecule has 2 aliphatic heterocycles. The average Bonchev–Trinajstić information content (AvgIpc) is 3.65. The lowest BCUT2D eigenvalue weighted by atomic mass is 10.1. The van der Waals surface area contributed by atoms with Crippen molar-refractivity contribution in [1.82, 2.24) is 19.4 Å². The quantitative estimate of drug-likeness (QED) is 0.446. The number of nitrogens with zero attached hydrogens (tertiary/aromatic N) is 5. The van der Waals surface area contributed by atoms with Crippen LogP contribution in [0.2, 0.25) is 0 Å². The van der Waals surface area contributed by atoms with E-state index in [2.05, 4.69) is 9.88 Å². The largest absolute Gasteiger partial charge is 0.366 e. The highest BCUT2D eigenvalue weighted by molar-refractivity contribution is 5.99. The molecule has 8 heteroatoms. The van der Waals surface area contributed by atoms with E-state index in [1.54, 1.807) is 35.2 Å². The molecule has 31 heavy (non-hydrogen) atoms. The Morgan fingerprint density at radius 1 is 1.06 bits per heavy atom. The monoisotopic (exact) mass is 417 g/mol. The van der Waals surface area contributed by atoms with Crippen LogP contribution in [-0.4, -0.2) is 64.1 Å². The molecule has 2 fully saturated rings. The number of morpholine rings is 1. The Morgan fingerprint density at radius 3 is 2.58 bits per heavy atom. The van der Waals surface area contributed by atoms with Crippen molar-refractivity contribution < 1.29 is 9.53 Å². The lowest BCUT2D eigenvalue weighted by molar-refractivity contribution is 0.0336. The Kier molecular flexibility index (Phi) is 5.31.